The van der Waals surface area contributed by atoms with E-state index in [2.05, 4.69) is 5.32 Å². The summed E-state index contributed by atoms with van der Waals surface area (Å²) in [6.45, 7) is 1.71. The maximum absolute atomic E-state index is 13.2. The molecule has 1 aromatic carbocycles. The number of nitrogens with one attached hydrogen (secondary N) is 1. The van der Waals surface area contributed by atoms with Crippen LogP contribution in [0.3, 0.4) is 0 Å². The molecule has 0 saturated carbocycles. The molecule has 0 saturated heterocycles. The van der Waals surface area contributed by atoms with Gasteiger partial charge >= 0.3 is 0 Å². The summed E-state index contributed by atoms with van der Waals surface area (Å²) in [5.41, 5.74) is 0.516. The molecule has 0 bridgehead atoms. The third-order valence-electron chi connectivity index (χ3n) is 2.35. The van der Waals surface area contributed by atoms with Gasteiger partial charge in [0, 0.05) is 13.7 Å². The van der Waals surface area contributed by atoms with Gasteiger partial charge in [-0.25, -0.2) is 4.39 Å². The summed E-state index contributed by atoms with van der Waals surface area (Å²) in [6.07, 6.45) is -0.792. The molecule has 18 heavy (non-hydrogen) atoms. The lowest BCUT2D eigenvalue weighted by Crippen LogP contribution is -2.34. The summed E-state index contributed by atoms with van der Waals surface area (Å²) in [4.78, 5) is 11.8. The lowest BCUT2D eigenvalue weighted by molar-refractivity contribution is 0.0610. The largest absolute Gasteiger partial charge is 0.389 e. The number of amides is 1. The molecule has 0 radical (unpaired) electrons. The van der Waals surface area contributed by atoms with Crippen molar-refractivity contribution in [2.24, 2.45) is 0 Å². The van der Waals surface area contributed by atoms with Crippen molar-refractivity contribution in [3.05, 3.63) is 34.1 Å². The number of hydrogen-bond donors (Lipinski definition) is 2. The quantitative estimate of drug-likeness (QED) is 0.857. The Balaban J connectivity index is 2.70. The molecule has 0 aliphatic carbocycles. The molecule has 0 fully saturated rings. The van der Waals surface area contributed by atoms with Crippen molar-refractivity contribution in [2.75, 3.05) is 20.3 Å². The highest BCUT2D eigenvalue weighted by Gasteiger charge is 2.14. The first kappa shape index (κ1) is 14.9. The second-order valence-corrected chi connectivity index (χ2v) is 4.31. The number of aliphatic hydroxyl groups is 1. The van der Waals surface area contributed by atoms with Gasteiger partial charge in [-0.1, -0.05) is 11.6 Å². The summed E-state index contributed by atoms with van der Waals surface area (Å²) >= 11 is 5.78. The van der Waals surface area contributed by atoms with E-state index in [0.29, 0.717) is 5.56 Å². The minimum atomic E-state index is -0.792. The highest BCUT2D eigenvalue weighted by molar-refractivity contribution is 6.33. The molecule has 0 aliphatic heterocycles. The lowest BCUT2D eigenvalue weighted by Gasteiger charge is -2.12. The van der Waals surface area contributed by atoms with Crippen LogP contribution >= 0.6 is 11.6 Å². The third-order valence-corrected chi connectivity index (χ3v) is 2.66. The molecule has 0 aromatic heterocycles. The second-order valence-electron chi connectivity index (χ2n) is 3.90. The fourth-order valence-corrected chi connectivity index (χ4v) is 1.62. The number of halogens is 2. The summed E-state index contributed by atoms with van der Waals surface area (Å²) in [7, 11) is 1.45. The maximum Gasteiger partial charge on any atom is 0.252 e. The predicted molar refractivity (Wildman–Crippen MR) is 66.4 cm³/mol. The Kier molecular flexibility index (Phi) is 5.53. The normalized spacial score (nSPS) is 12.3. The smallest absolute Gasteiger partial charge is 0.252 e. The Morgan fingerprint density at radius 2 is 2.28 bits per heavy atom. The zero-order valence-electron chi connectivity index (χ0n) is 10.2. The Hall–Kier alpha value is -1.17. The molecule has 2 N–H and O–H groups in total. The van der Waals surface area contributed by atoms with E-state index in [9.17, 15) is 14.3 Å². The molecule has 1 atom stereocenters. The Morgan fingerprint density at radius 1 is 1.61 bits per heavy atom. The summed E-state index contributed by atoms with van der Waals surface area (Å²) < 4.78 is 17.9. The minimum absolute atomic E-state index is 0.0387. The van der Waals surface area contributed by atoms with Crippen LogP contribution in [0, 0.1) is 12.7 Å². The summed E-state index contributed by atoms with van der Waals surface area (Å²) in [6, 6.07) is 2.47. The number of carbonyl (C=O) groups excluding carboxylic acids is 1. The number of ether oxygens (including phenoxy) is 1. The van der Waals surface area contributed by atoms with Crippen molar-refractivity contribution < 1.29 is 19.0 Å². The Labute approximate surface area is 110 Å². The van der Waals surface area contributed by atoms with Crippen LogP contribution in [0.4, 0.5) is 4.39 Å². The molecule has 6 heteroatoms. The average molecular weight is 276 g/mol. The van der Waals surface area contributed by atoms with Gasteiger partial charge < -0.3 is 15.2 Å². The second kappa shape index (κ2) is 6.68. The number of methoxy groups -OCH3 is 1. The van der Waals surface area contributed by atoms with Gasteiger partial charge in [-0.15, -0.1) is 0 Å². The first-order valence-corrected chi connectivity index (χ1v) is 5.74. The molecule has 1 amide bonds. The standard InChI is InChI=1S/C12H15ClFNO3/c1-7-3-9(10(13)4-11(7)14)12(17)15-5-8(16)6-18-2/h3-4,8,16H,5-6H2,1-2H3,(H,15,17). The summed E-state index contributed by atoms with van der Waals surface area (Å²) in [5.74, 6) is -0.922. The van der Waals surface area contributed by atoms with Crippen molar-refractivity contribution in [1.29, 1.82) is 0 Å². The molecule has 0 heterocycles. The Bertz CT molecular complexity index is 440. The molecule has 100 valence electrons. The van der Waals surface area contributed by atoms with Gasteiger partial charge in [-0.05, 0) is 24.6 Å². The lowest BCUT2D eigenvalue weighted by atomic mass is 10.1. The number of carbonyl (C=O) groups is 1. The van der Waals surface area contributed by atoms with Crippen LogP contribution in [0.2, 0.25) is 5.02 Å². The van der Waals surface area contributed by atoms with Crippen molar-refractivity contribution in [3.63, 3.8) is 0 Å². The van der Waals surface area contributed by atoms with Crippen LogP contribution in [-0.4, -0.2) is 37.4 Å². The fourth-order valence-electron chi connectivity index (χ4n) is 1.39. The van der Waals surface area contributed by atoms with Gasteiger partial charge in [0.05, 0.1) is 23.3 Å². The van der Waals surface area contributed by atoms with Crippen molar-refractivity contribution in [2.45, 2.75) is 13.0 Å². The van der Waals surface area contributed by atoms with Crippen LogP contribution < -0.4 is 5.32 Å². The molecule has 4 nitrogen and oxygen atoms in total. The monoisotopic (exact) mass is 275 g/mol. The minimum Gasteiger partial charge on any atom is -0.389 e. The van der Waals surface area contributed by atoms with Crippen LogP contribution in [0.1, 0.15) is 15.9 Å². The highest BCUT2D eigenvalue weighted by atomic mass is 35.5. The predicted octanol–water partition coefficient (Wildman–Crippen LogP) is 1.52. The van der Waals surface area contributed by atoms with Gasteiger partial charge in [-0.2, -0.15) is 0 Å². The SMILES string of the molecule is COCC(O)CNC(=O)c1cc(C)c(F)cc1Cl. The number of benzene rings is 1. The van der Waals surface area contributed by atoms with Crippen LogP contribution in [0.5, 0.6) is 0 Å². The number of aliphatic hydroxyl groups excluding tert-OH is 1. The summed E-state index contributed by atoms with van der Waals surface area (Å²) in [5, 5.41) is 11.9. The van der Waals surface area contributed by atoms with E-state index in [-0.39, 0.29) is 23.7 Å². The molecular formula is C12H15ClFNO3. The third kappa shape index (κ3) is 3.94. The van der Waals surface area contributed by atoms with Crippen LogP contribution in [0.25, 0.3) is 0 Å². The number of rotatable bonds is 5. The topological polar surface area (TPSA) is 58.6 Å². The average Bonchev–Trinajstić information content (AvgIpc) is 2.31. The number of aryl methyl sites for hydroxylation is 1. The maximum atomic E-state index is 13.2. The van der Waals surface area contributed by atoms with Gasteiger partial charge in [0.1, 0.15) is 5.82 Å². The van der Waals surface area contributed by atoms with E-state index >= 15 is 0 Å². The van der Waals surface area contributed by atoms with Crippen molar-refractivity contribution >= 4 is 17.5 Å². The van der Waals surface area contributed by atoms with E-state index in [1.807, 2.05) is 0 Å². The van der Waals surface area contributed by atoms with Gasteiger partial charge in [0.25, 0.3) is 5.91 Å². The van der Waals surface area contributed by atoms with Crippen LogP contribution in [0.15, 0.2) is 12.1 Å². The highest BCUT2D eigenvalue weighted by Crippen LogP contribution is 2.20. The fraction of sp³-hybridized carbons (Fsp3) is 0.417. The van der Waals surface area contributed by atoms with E-state index in [4.69, 9.17) is 16.3 Å². The molecule has 1 unspecified atom stereocenters. The molecule has 0 spiro atoms. The zero-order chi connectivity index (χ0) is 13.7. The van der Waals surface area contributed by atoms with E-state index in [1.54, 1.807) is 6.92 Å². The van der Waals surface area contributed by atoms with Crippen molar-refractivity contribution in [1.82, 2.24) is 5.32 Å². The van der Waals surface area contributed by atoms with Gasteiger partial charge in [0.15, 0.2) is 0 Å². The van der Waals surface area contributed by atoms with Crippen molar-refractivity contribution in [3.8, 4) is 0 Å². The van der Waals surface area contributed by atoms with E-state index in [1.165, 1.54) is 13.2 Å². The first-order valence-electron chi connectivity index (χ1n) is 5.36. The van der Waals surface area contributed by atoms with Crippen LogP contribution in [-0.2, 0) is 4.74 Å². The molecule has 1 aromatic rings. The molecule has 0 aliphatic rings. The van der Waals surface area contributed by atoms with Gasteiger partial charge in [-0.3, -0.25) is 4.79 Å². The van der Waals surface area contributed by atoms with E-state index < -0.39 is 17.8 Å². The first-order chi connectivity index (χ1) is 8.45. The zero-order valence-corrected chi connectivity index (χ0v) is 10.9. The molecular weight excluding hydrogens is 261 g/mol. The number of hydrogen-bond acceptors (Lipinski definition) is 3. The van der Waals surface area contributed by atoms with E-state index in [0.717, 1.165) is 6.07 Å². The molecule has 1 rings (SSSR count). The Morgan fingerprint density at radius 3 is 2.89 bits per heavy atom. The van der Waals surface area contributed by atoms with Gasteiger partial charge in [0.2, 0.25) is 0 Å².